The molecule has 4 heteroatoms. The van der Waals surface area contributed by atoms with Gasteiger partial charge in [-0.3, -0.25) is 9.59 Å². The lowest BCUT2D eigenvalue weighted by Crippen LogP contribution is -2.20. The van der Waals surface area contributed by atoms with Crippen LogP contribution in [0.4, 0.5) is 0 Å². The van der Waals surface area contributed by atoms with Gasteiger partial charge in [-0.2, -0.15) is 0 Å². The lowest BCUT2D eigenvalue weighted by atomic mass is 9.84. The number of hydrogen-bond donors (Lipinski definition) is 1. The SMILES string of the molecule is COc1cc2c(cc1O)C(=O)c1ccccc1C2=O. The van der Waals surface area contributed by atoms with E-state index in [0.29, 0.717) is 11.1 Å². The number of phenolic OH excluding ortho intramolecular Hbond substituents is 1. The van der Waals surface area contributed by atoms with Crippen molar-refractivity contribution in [1.29, 1.82) is 0 Å². The highest BCUT2D eigenvalue weighted by Gasteiger charge is 2.30. The number of ketones is 2. The van der Waals surface area contributed by atoms with Crippen molar-refractivity contribution in [2.75, 3.05) is 7.11 Å². The number of carbonyl (C=O) groups is 2. The summed E-state index contributed by atoms with van der Waals surface area (Å²) in [5.74, 6) is -0.465. The van der Waals surface area contributed by atoms with Gasteiger partial charge in [-0.05, 0) is 12.1 Å². The van der Waals surface area contributed by atoms with Crippen molar-refractivity contribution in [3.63, 3.8) is 0 Å². The smallest absolute Gasteiger partial charge is 0.194 e. The summed E-state index contributed by atoms with van der Waals surface area (Å²) in [5, 5.41) is 9.73. The fraction of sp³-hybridized carbons (Fsp3) is 0.0667. The monoisotopic (exact) mass is 254 g/mol. The van der Waals surface area contributed by atoms with Crippen LogP contribution in [0.2, 0.25) is 0 Å². The quantitative estimate of drug-likeness (QED) is 0.723. The molecule has 0 saturated carbocycles. The van der Waals surface area contributed by atoms with E-state index in [1.54, 1.807) is 24.3 Å². The van der Waals surface area contributed by atoms with Crippen LogP contribution in [0.15, 0.2) is 36.4 Å². The maximum Gasteiger partial charge on any atom is 0.194 e. The Morgan fingerprint density at radius 2 is 1.42 bits per heavy atom. The maximum atomic E-state index is 12.3. The van der Waals surface area contributed by atoms with E-state index >= 15 is 0 Å². The van der Waals surface area contributed by atoms with Gasteiger partial charge in [-0.15, -0.1) is 0 Å². The minimum atomic E-state index is -0.261. The zero-order valence-electron chi connectivity index (χ0n) is 10.1. The molecule has 0 heterocycles. The van der Waals surface area contributed by atoms with E-state index in [1.807, 2.05) is 0 Å². The van der Waals surface area contributed by atoms with Gasteiger partial charge >= 0.3 is 0 Å². The molecule has 1 N–H and O–H groups in total. The zero-order valence-corrected chi connectivity index (χ0v) is 10.1. The van der Waals surface area contributed by atoms with Crippen LogP contribution in [0, 0.1) is 0 Å². The summed E-state index contributed by atoms with van der Waals surface area (Å²) in [6, 6.07) is 9.34. The van der Waals surface area contributed by atoms with Crippen LogP contribution in [0.25, 0.3) is 0 Å². The zero-order chi connectivity index (χ0) is 13.6. The third-order valence-electron chi connectivity index (χ3n) is 3.22. The molecule has 2 aromatic carbocycles. The average molecular weight is 254 g/mol. The Kier molecular flexibility index (Phi) is 2.38. The molecule has 0 spiro atoms. The number of rotatable bonds is 1. The molecule has 1 aliphatic carbocycles. The summed E-state index contributed by atoms with van der Waals surface area (Å²) in [4.78, 5) is 24.6. The van der Waals surface area contributed by atoms with Crippen LogP contribution in [0.3, 0.4) is 0 Å². The van der Waals surface area contributed by atoms with E-state index in [4.69, 9.17) is 4.74 Å². The third kappa shape index (κ3) is 1.53. The first-order chi connectivity index (χ1) is 9.13. The van der Waals surface area contributed by atoms with Crippen LogP contribution >= 0.6 is 0 Å². The number of methoxy groups -OCH3 is 1. The molecule has 0 fully saturated rings. The van der Waals surface area contributed by atoms with E-state index in [9.17, 15) is 14.7 Å². The second-order valence-corrected chi connectivity index (χ2v) is 4.27. The summed E-state index contributed by atoms with van der Waals surface area (Å²) >= 11 is 0. The Hall–Kier alpha value is -2.62. The van der Waals surface area contributed by atoms with Crippen molar-refractivity contribution >= 4 is 11.6 Å². The normalized spacial score (nSPS) is 12.9. The topological polar surface area (TPSA) is 63.6 Å². The molecule has 0 aromatic heterocycles. The van der Waals surface area contributed by atoms with E-state index in [-0.39, 0.29) is 34.2 Å². The van der Waals surface area contributed by atoms with Crippen molar-refractivity contribution in [2.45, 2.75) is 0 Å². The summed E-state index contributed by atoms with van der Waals surface area (Å²) in [6.07, 6.45) is 0. The number of hydrogen-bond acceptors (Lipinski definition) is 4. The number of fused-ring (bicyclic) bond motifs is 2. The second-order valence-electron chi connectivity index (χ2n) is 4.27. The van der Waals surface area contributed by atoms with Crippen molar-refractivity contribution < 1.29 is 19.4 Å². The molecule has 94 valence electrons. The first-order valence-corrected chi connectivity index (χ1v) is 5.73. The summed E-state index contributed by atoms with van der Waals surface area (Å²) in [6.45, 7) is 0. The van der Waals surface area contributed by atoms with Gasteiger partial charge in [0.25, 0.3) is 0 Å². The van der Waals surface area contributed by atoms with Crippen molar-refractivity contribution in [3.8, 4) is 11.5 Å². The van der Waals surface area contributed by atoms with Crippen LogP contribution < -0.4 is 4.74 Å². The van der Waals surface area contributed by atoms with Gasteiger partial charge < -0.3 is 9.84 Å². The van der Waals surface area contributed by atoms with Gasteiger partial charge in [0.1, 0.15) is 0 Å². The predicted octanol–water partition coefficient (Wildman–Crippen LogP) is 2.18. The van der Waals surface area contributed by atoms with E-state index in [2.05, 4.69) is 0 Å². The summed E-state index contributed by atoms with van der Waals surface area (Å²) < 4.78 is 4.97. The number of benzene rings is 2. The Labute approximate surface area is 109 Å². The standard InChI is InChI=1S/C15H10O4/c1-19-13-7-11-10(6-12(13)16)14(17)8-4-2-3-5-9(8)15(11)18/h2-7,16H,1H3. The molecule has 0 radical (unpaired) electrons. The van der Waals surface area contributed by atoms with Crippen LogP contribution in [0.1, 0.15) is 31.8 Å². The lowest BCUT2D eigenvalue weighted by molar-refractivity contribution is 0.0978. The van der Waals surface area contributed by atoms with Crippen LogP contribution in [0.5, 0.6) is 11.5 Å². The third-order valence-corrected chi connectivity index (χ3v) is 3.22. The molecule has 0 atom stereocenters. The fourth-order valence-corrected chi connectivity index (χ4v) is 2.28. The minimum absolute atomic E-state index is 0.151. The molecule has 19 heavy (non-hydrogen) atoms. The van der Waals surface area contributed by atoms with Crippen molar-refractivity contribution in [3.05, 3.63) is 58.7 Å². The highest BCUT2D eigenvalue weighted by atomic mass is 16.5. The number of aromatic hydroxyl groups is 1. The summed E-state index contributed by atoms with van der Waals surface area (Å²) in [7, 11) is 1.39. The van der Waals surface area contributed by atoms with Crippen molar-refractivity contribution in [1.82, 2.24) is 0 Å². The molecule has 4 nitrogen and oxygen atoms in total. The van der Waals surface area contributed by atoms with E-state index < -0.39 is 0 Å². The Bertz CT molecular complexity index is 716. The molecule has 2 aromatic rings. The molecule has 0 amide bonds. The second kappa shape index (κ2) is 3.95. The molecule has 0 unspecified atom stereocenters. The van der Waals surface area contributed by atoms with Gasteiger partial charge in [-0.1, -0.05) is 24.3 Å². The molecule has 3 rings (SSSR count). The highest BCUT2D eigenvalue weighted by Crippen LogP contribution is 2.35. The van der Waals surface area contributed by atoms with E-state index in [0.717, 1.165) is 0 Å². The van der Waals surface area contributed by atoms with Crippen LogP contribution in [-0.4, -0.2) is 23.8 Å². The first kappa shape index (κ1) is 11.5. The fourth-order valence-electron chi connectivity index (χ4n) is 2.28. The molecule has 1 aliphatic rings. The Morgan fingerprint density at radius 3 is 1.95 bits per heavy atom. The molecular weight excluding hydrogens is 244 g/mol. The number of ether oxygens (including phenoxy) is 1. The van der Waals surface area contributed by atoms with Gasteiger partial charge in [0.2, 0.25) is 0 Å². The van der Waals surface area contributed by atoms with E-state index in [1.165, 1.54) is 19.2 Å². The van der Waals surface area contributed by atoms with Gasteiger partial charge in [0, 0.05) is 22.3 Å². The van der Waals surface area contributed by atoms with Crippen LogP contribution in [-0.2, 0) is 0 Å². The van der Waals surface area contributed by atoms with Gasteiger partial charge in [0.05, 0.1) is 7.11 Å². The maximum absolute atomic E-state index is 12.3. The summed E-state index contributed by atoms with van der Waals surface area (Å²) in [5.41, 5.74) is 1.22. The predicted molar refractivity (Wildman–Crippen MR) is 68.0 cm³/mol. The average Bonchev–Trinajstić information content (AvgIpc) is 2.44. The lowest BCUT2D eigenvalue weighted by Gasteiger charge is -2.18. The first-order valence-electron chi connectivity index (χ1n) is 5.73. The molecule has 0 aliphatic heterocycles. The Balaban J connectivity index is 2.30. The van der Waals surface area contributed by atoms with Gasteiger partial charge in [-0.25, -0.2) is 0 Å². The van der Waals surface area contributed by atoms with Crippen molar-refractivity contribution in [2.24, 2.45) is 0 Å². The highest BCUT2D eigenvalue weighted by molar-refractivity contribution is 6.28. The number of phenols is 1. The minimum Gasteiger partial charge on any atom is -0.504 e. The largest absolute Gasteiger partial charge is 0.504 e. The number of carbonyl (C=O) groups excluding carboxylic acids is 2. The van der Waals surface area contributed by atoms with Gasteiger partial charge in [0.15, 0.2) is 23.1 Å². The molecule has 0 bridgehead atoms. The Morgan fingerprint density at radius 1 is 0.895 bits per heavy atom. The molecule has 0 saturated heterocycles. The molecular formula is C15H10O4.